The van der Waals surface area contributed by atoms with Gasteiger partial charge in [-0.3, -0.25) is 4.90 Å². The largest absolute Gasteiger partial charge is 0.388 e. The molecule has 1 aromatic rings. The minimum absolute atomic E-state index is 0.201. The third-order valence-corrected chi connectivity index (χ3v) is 5.20. The van der Waals surface area contributed by atoms with E-state index in [4.69, 9.17) is 18.9 Å². The van der Waals surface area contributed by atoms with Crippen molar-refractivity contribution in [1.29, 1.82) is 0 Å². The molecule has 6 heteroatoms. The second-order valence-corrected chi connectivity index (χ2v) is 6.68. The van der Waals surface area contributed by atoms with E-state index in [1.54, 1.807) is 7.11 Å². The Morgan fingerprint density at radius 2 is 1.88 bits per heavy atom. The Bertz CT molecular complexity index is 535. The van der Waals surface area contributed by atoms with Crippen LogP contribution in [0.2, 0.25) is 0 Å². The molecule has 24 heavy (non-hydrogen) atoms. The van der Waals surface area contributed by atoms with Crippen molar-refractivity contribution >= 4 is 0 Å². The van der Waals surface area contributed by atoms with Crippen LogP contribution in [0.3, 0.4) is 0 Å². The Labute approximate surface area is 142 Å². The van der Waals surface area contributed by atoms with E-state index in [1.165, 1.54) is 0 Å². The molecule has 0 saturated carbocycles. The van der Waals surface area contributed by atoms with Gasteiger partial charge in [0.1, 0.15) is 18.3 Å². The summed E-state index contributed by atoms with van der Waals surface area (Å²) >= 11 is 0. The first kappa shape index (κ1) is 16.4. The normalized spacial score (nSPS) is 40.4. The minimum Gasteiger partial charge on any atom is -0.388 e. The van der Waals surface area contributed by atoms with Crippen LogP contribution in [0.25, 0.3) is 0 Å². The highest BCUT2D eigenvalue weighted by molar-refractivity contribution is 5.16. The quantitative estimate of drug-likeness (QED) is 0.898. The van der Waals surface area contributed by atoms with Gasteiger partial charge in [-0.15, -0.1) is 0 Å². The van der Waals surface area contributed by atoms with Crippen LogP contribution in [0.4, 0.5) is 0 Å². The molecule has 0 aliphatic carbocycles. The lowest BCUT2D eigenvalue weighted by Gasteiger charge is -2.49. The summed E-state index contributed by atoms with van der Waals surface area (Å²) in [6.45, 7) is 2.30. The monoisotopic (exact) mass is 335 g/mol. The Morgan fingerprint density at radius 3 is 2.58 bits per heavy atom. The Morgan fingerprint density at radius 1 is 1.12 bits per heavy atom. The van der Waals surface area contributed by atoms with Crippen LogP contribution in [0.1, 0.15) is 24.7 Å². The van der Waals surface area contributed by atoms with Gasteiger partial charge < -0.3 is 24.1 Å². The number of aliphatic hydroxyl groups excluding tert-OH is 1. The summed E-state index contributed by atoms with van der Waals surface area (Å²) in [4.78, 5) is 2.26. The van der Waals surface area contributed by atoms with E-state index in [1.807, 2.05) is 30.3 Å². The van der Waals surface area contributed by atoms with Gasteiger partial charge >= 0.3 is 0 Å². The van der Waals surface area contributed by atoms with Crippen molar-refractivity contribution in [3.05, 3.63) is 35.9 Å². The molecule has 0 aromatic heterocycles. The zero-order valence-corrected chi connectivity index (χ0v) is 13.9. The minimum atomic E-state index is -0.665. The van der Waals surface area contributed by atoms with Crippen LogP contribution in [-0.2, 0) is 18.9 Å². The van der Waals surface area contributed by atoms with Gasteiger partial charge in [0.05, 0.1) is 12.6 Å². The number of ether oxygens (including phenoxy) is 4. The second-order valence-electron chi connectivity index (χ2n) is 6.68. The van der Waals surface area contributed by atoms with E-state index in [0.29, 0.717) is 6.61 Å². The van der Waals surface area contributed by atoms with Crippen LogP contribution in [0, 0.1) is 0 Å². The van der Waals surface area contributed by atoms with Crippen molar-refractivity contribution in [2.45, 2.75) is 49.8 Å². The van der Waals surface area contributed by atoms with Gasteiger partial charge in [0.25, 0.3) is 0 Å². The fraction of sp³-hybridized carbons (Fsp3) is 0.667. The van der Waals surface area contributed by atoms with Gasteiger partial charge in [-0.1, -0.05) is 30.3 Å². The molecule has 0 radical (unpaired) electrons. The number of hydrogen-bond donors (Lipinski definition) is 1. The summed E-state index contributed by atoms with van der Waals surface area (Å²) < 4.78 is 23.5. The molecule has 3 fully saturated rings. The number of hydrogen-bond acceptors (Lipinski definition) is 6. The molecule has 0 amide bonds. The van der Waals surface area contributed by atoms with Crippen molar-refractivity contribution in [3.63, 3.8) is 0 Å². The van der Waals surface area contributed by atoms with E-state index >= 15 is 0 Å². The van der Waals surface area contributed by atoms with E-state index in [0.717, 1.165) is 31.5 Å². The van der Waals surface area contributed by atoms with Crippen LogP contribution in [-0.4, -0.2) is 67.5 Å². The number of fused-ring (bicyclic) bond motifs is 1. The third-order valence-electron chi connectivity index (χ3n) is 5.20. The van der Waals surface area contributed by atoms with Gasteiger partial charge in [-0.25, -0.2) is 0 Å². The molecule has 4 rings (SSSR count). The van der Waals surface area contributed by atoms with Crippen molar-refractivity contribution in [3.8, 4) is 0 Å². The average Bonchev–Trinajstić information content (AvgIpc) is 3.16. The SMILES string of the molecule is CO[C@H]1O[C@@H]2COC(c3ccccc3)O[C@H]2[C@@H](O)[C@H]1N1CCCC1. The molecule has 3 aliphatic heterocycles. The molecular formula is C18H25NO5. The van der Waals surface area contributed by atoms with Crippen LogP contribution < -0.4 is 0 Å². The first-order valence-electron chi connectivity index (χ1n) is 8.70. The average molecular weight is 335 g/mol. The zero-order valence-electron chi connectivity index (χ0n) is 13.9. The lowest BCUT2D eigenvalue weighted by molar-refractivity contribution is -0.349. The number of nitrogens with zero attached hydrogens (tertiary/aromatic N) is 1. The highest BCUT2D eigenvalue weighted by atomic mass is 16.7. The number of likely N-dealkylation sites (tertiary alicyclic amines) is 1. The van der Waals surface area contributed by atoms with E-state index in [-0.39, 0.29) is 12.1 Å². The number of benzene rings is 1. The molecule has 6 nitrogen and oxygen atoms in total. The van der Waals surface area contributed by atoms with Crippen LogP contribution in [0.5, 0.6) is 0 Å². The molecule has 3 aliphatic rings. The molecule has 132 valence electrons. The fourth-order valence-corrected chi connectivity index (χ4v) is 3.98. The Kier molecular flexibility index (Phi) is 4.85. The molecule has 6 atom stereocenters. The van der Waals surface area contributed by atoms with Crippen molar-refractivity contribution in [1.82, 2.24) is 4.90 Å². The molecular weight excluding hydrogens is 310 g/mol. The standard InChI is InChI=1S/C18H25NO5/c1-21-18-14(19-9-5-6-10-19)15(20)16-13(23-18)11-22-17(24-16)12-7-3-2-4-8-12/h2-4,7-8,13-18,20H,5-6,9-11H2,1H3/t13-,14-,15+,16-,17?,18+/m1/s1. The van der Waals surface area contributed by atoms with Crippen molar-refractivity contribution in [2.75, 3.05) is 26.8 Å². The Hall–Kier alpha value is -1.02. The molecule has 1 N–H and O–H groups in total. The van der Waals surface area contributed by atoms with E-state index in [2.05, 4.69) is 4.90 Å². The maximum absolute atomic E-state index is 11.0. The number of aliphatic hydroxyl groups is 1. The molecule has 3 saturated heterocycles. The summed E-state index contributed by atoms with van der Waals surface area (Å²) in [7, 11) is 1.62. The van der Waals surface area contributed by atoms with Gasteiger partial charge in [0.2, 0.25) is 0 Å². The van der Waals surface area contributed by atoms with Crippen molar-refractivity contribution < 1.29 is 24.1 Å². The number of methoxy groups -OCH3 is 1. The van der Waals surface area contributed by atoms with Crippen LogP contribution >= 0.6 is 0 Å². The van der Waals surface area contributed by atoms with Gasteiger partial charge in [-0.05, 0) is 25.9 Å². The van der Waals surface area contributed by atoms with Crippen LogP contribution in [0.15, 0.2) is 30.3 Å². The number of rotatable bonds is 3. The van der Waals surface area contributed by atoms with Gasteiger partial charge in [0, 0.05) is 12.7 Å². The first-order chi connectivity index (χ1) is 11.8. The summed E-state index contributed by atoms with van der Waals surface area (Å²) in [5.74, 6) is 0. The lowest BCUT2D eigenvalue weighted by atomic mass is 9.94. The molecule has 3 heterocycles. The summed E-state index contributed by atoms with van der Waals surface area (Å²) in [6, 6.07) is 9.60. The molecule has 0 bridgehead atoms. The topological polar surface area (TPSA) is 60.4 Å². The predicted octanol–water partition coefficient (Wildman–Crippen LogP) is 1.30. The molecule has 1 unspecified atom stereocenters. The molecule has 0 spiro atoms. The predicted molar refractivity (Wildman–Crippen MR) is 86.3 cm³/mol. The zero-order chi connectivity index (χ0) is 16.5. The summed E-state index contributed by atoms with van der Waals surface area (Å²) in [6.07, 6.45) is -0.0372. The summed E-state index contributed by atoms with van der Waals surface area (Å²) in [5.41, 5.74) is 0.953. The smallest absolute Gasteiger partial charge is 0.184 e. The lowest BCUT2D eigenvalue weighted by Crippen LogP contribution is -2.66. The Balaban J connectivity index is 1.53. The van der Waals surface area contributed by atoms with E-state index in [9.17, 15) is 5.11 Å². The summed E-state index contributed by atoms with van der Waals surface area (Å²) in [5, 5.41) is 11.0. The maximum Gasteiger partial charge on any atom is 0.184 e. The second kappa shape index (κ2) is 7.07. The van der Waals surface area contributed by atoms with Crippen molar-refractivity contribution in [2.24, 2.45) is 0 Å². The highest BCUT2D eigenvalue weighted by Crippen LogP contribution is 2.36. The molecule has 1 aromatic carbocycles. The van der Waals surface area contributed by atoms with E-state index < -0.39 is 24.8 Å². The van der Waals surface area contributed by atoms with Gasteiger partial charge in [-0.2, -0.15) is 0 Å². The highest BCUT2D eigenvalue weighted by Gasteiger charge is 2.51. The van der Waals surface area contributed by atoms with Gasteiger partial charge in [0.15, 0.2) is 12.6 Å². The fourth-order valence-electron chi connectivity index (χ4n) is 3.98. The maximum atomic E-state index is 11.0. The first-order valence-corrected chi connectivity index (χ1v) is 8.70. The third kappa shape index (κ3) is 2.98.